The van der Waals surface area contributed by atoms with Gasteiger partial charge in [-0.2, -0.15) is 0 Å². The highest BCUT2D eigenvalue weighted by Crippen LogP contribution is 2.40. The normalized spacial score (nSPS) is 10.8. The van der Waals surface area contributed by atoms with Gasteiger partial charge in [-0.1, -0.05) is 0 Å². The number of fused-ring (bicyclic) bond motifs is 1. The molecule has 0 unspecified atom stereocenters. The molecule has 0 saturated carbocycles. The van der Waals surface area contributed by atoms with E-state index < -0.39 is 5.91 Å². The number of amides is 1. The Balaban J connectivity index is 2.17. The van der Waals surface area contributed by atoms with Gasteiger partial charge in [-0.05, 0) is 6.92 Å². The van der Waals surface area contributed by atoms with Gasteiger partial charge in [-0.3, -0.25) is 9.20 Å². The molecule has 4 N–H and O–H groups in total. The Bertz CT molecular complexity index is 993. The Morgan fingerprint density at radius 1 is 1.27 bits per heavy atom. The Labute approximate surface area is 154 Å². The molecule has 10 heteroatoms. The summed E-state index contributed by atoms with van der Waals surface area (Å²) in [6.45, 7) is 1.76. The van der Waals surface area contributed by atoms with Crippen molar-refractivity contribution in [2.45, 2.75) is 11.9 Å². The first kappa shape index (κ1) is 17.7. The van der Waals surface area contributed by atoms with Gasteiger partial charge in [0.25, 0.3) is 5.91 Å². The third kappa shape index (κ3) is 2.94. The maximum Gasteiger partial charge on any atom is 0.256 e. The number of hydrogen-bond acceptors (Lipinski definition) is 8. The van der Waals surface area contributed by atoms with Gasteiger partial charge in [0.15, 0.2) is 17.1 Å². The quantitative estimate of drug-likeness (QED) is 0.396. The molecular formula is C16H17N5O4S. The number of anilines is 2. The first-order chi connectivity index (χ1) is 12.3. The zero-order valence-corrected chi connectivity index (χ0v) is 15.2. The van der Waals surface area contributed by atoms with Crippen LogP contribution in [0.3, 0.4) is 0 Å². The predicted molar refractivity (Wildman–Crippen MR) is 98.0 cm³/mol. The van der Waals surface area contributed by atoms with Crippen LogP contribution in [0.15, 0.2) is 23.4 Å². The third-order valence-electron chi connectivity index (χ3n) is 3.76. The second-order valence-electron chi connectivity index (χ2n) is 5.39. The van der Waals surface area contributed by atoms with Crippen LogP contribution in [0, 0.1) is 6.92 Å². The van der Waals surface area contributed by atoms with Crippen molar-refractivity contribution >= 4 is 35.7 Å². The number of methoxy groups -OCH3 is 2. The largest absolute Gasteiger partial charge is 0.502 e. The lowest BCUT2D eigenvalue weighted by molar-refractivity contribution is 0.100. The number of primary amides is 1. The summed E-state index contributed by atoms with van der Waals surface area (Å²) in [7, 11) is 2.83. The number of nitrogens with zero attached hydrogens (tertiary/aromatic N) is 3. The first-order valence-corrected chi connectivity index (χ1v) is 7.91. The number of benzene rings is 1. The molecule has 0 aliphatic rings. The number of thiol groups is 1. The number of nitrogens with one attached hydrogen (secondary N) is 1. The van der Waals surface area contributed by atoms with Crippen LogP contribution in [0.25, 0.3) is 5.65 Å². The first-order valence-electron chi connectivity index (χ1n) is 7.46. The minimum atomic E-state index is -0.693. The number of carbonyl (C=O) groups is 1. The number of hydrogen-bond donors (Lipinski definition) is 4. The fourth-order valence-electron chi connectivity index (χ4n) is 2.59. The van der Waals surface area contributed by atoms with E-state index in [1.165, 1.54) is 14.2 Å². The molecule has 136 valence electrons. The van der Waals surface area contributed by atoms with Crippen molar-refractivity contribution in [1.29, 1.82) is 0 Å². The molecule has 3 rings (SSSR count). The molecule has 0 atom stereocenters. The van der Waals surface area contributed by atoms with Gasteiger partial charge in [-0.25, -0.2) is 9.97 Å². The molecule has 9 nitrogen and oxygen atoms in total. The van der Waals surface area contributed by atoms with Gasteiger partial charge < -0.3 is 25.6 Å². The number of aromatic hydroxyl groups is 1. The molecule has 0 bridgehead atoms. The Hall–Kier alpha value is -3.14. The minimum Gasteiger partial charge on any atom is -0.502 e. The second kappa shape index (κ2) is 6.64. The van der Waals surface area contributed by atoms with Crippen LogP contribution in [0.4, 0.5) is 11.5 Å². The Morgan fingerprint density at radius 3 is 2.42 bits per heavy atom. The number of aromatic nitrogens is 3. The summed E-state index contributed by atoms with van der Waals surface area (Å²) in [5, 5.41) is 13.5. The average Bonchev–Trinajstić information content (AvgIpc) is 2.97. The molecule has 2 aromatic heterocycles. The summed E-state index contributed by atoms with van der Waals surface area (Å²) < 4.78 is 11.9. The third-order valence-corrected chi connectivity index (χ3v) is 3.98. The number of phenolic OH excluding ortho intramolecular Hbond substituents is 1. The van der Waals surface area contributed by atoms with Crippen LogP contribution < -0.4 is 20.5 Å². The number of imidazole rings is 1. The molecule has 0 saturated heterocycles. The molecule has 0 spiro atoms. The van der Waals surface area contributed by atoms with E-state index >= 15 is 0 Å². The fourth-order valence-corrected chi connectivity index (χ4v) is 2.80. The summed E-state index contributed by atoms with van der Waals surface area (Å²) in [4.78, 5) is 20.7. The topological polar surface area (TPSA) is 124 Å². The van der Waals surface area contributed by atoms with Gasteiger partial charge in [0.2, 0.25) is 5.75 Å². The van der Waals surface area contributed by atoms with E-state index in [1.807, 2.05) is 0 Å². The highest BCUT2D eigenvalue weighted by atomic mass is 32.1. The molecular weight excluding hydrogens is 358 g/mol. The van der Waals surface area contributed by atoms with Gasteiger partial charge in [0, 0.05) is 24.0 Å². The number of ether oxygens (including phenoxy) is 2. The van der Waals surface area contributed by atoms with Crippen molar-refractivity contribution in [2.24, 2.45) is 5.73 Å². The molecule has 1 amide bonds. The Morgan fingerprint density at radius 2 is 1.88 bits per heavy atom. The van der Waals surface area contributed by atoms with Crippen molar-refractivity contribution in [1.82, 2.24) is 14.4 Å². The van der Waals surface area contributed by atoms with E-state index in [2.05, 4.69) is 27.9 Å². The molecule has 0 radical (unpaired) electrons. The zero-order valence-electron chi connectivity index (χ0n) is 14.3. The molecule has 0 fully saturated rings. The summed E-state index contributed by atoms with van der Waals surface area (Å²) in [6.07, 6.45) is 1.64. The summed E-state index contributed by atoms with van der Waals surface area (Å²) in [6, 6.07) is 3.08. The van der Waals surface area contributed by atoms with Crippen molar-refractivity contribution in [3.8, 4) is 17.2 Å². The summed E-state index contributed by atoms with van der Waals surface area (Å²) >= 11 is 4.21. The van der Waals surface area contributed by atoms with Crippen molar-refractivity contribution in [3.05, 3.63) is 29.7 Å². The van der Waals surface area contributed by atoms with Gasteiger partial charge >= 0.3 is 0 Å². The fraction of sp³-hybridized carbons (Fsp3) is 0.188. The lowest BCUT2D eigenvalue weighted by atomic mass is 10.2. The van der Waals surface area contributed by atoms with Crippen LogP contribution in [0.5, 0.6) is 17.2 Å². The van der Waals surface area contributed by atoms with Crippen molar-refractivity contribution in [2.75, 3.05) is 19.5 Å². The van der Waals surface area contributed by atoms with E-state index in [0.717, 1.165) is 0 Å². The number of carbonyl (C=O) groups excluding carboxylic acids is 1. The monoisotopic (exact) mass is 375 g/mol. The Kier molecular flexibility index (Phi) is 4.51. The maximum absolute atomic E-state index is 12.0. The van der Waals surface area contributed by atoms with E-state index in [9.17, 15) is 9.90 Å². The van der Waals surface area contributed by atoms with Crippen LogP contribution in [-0.4, -0.2) is 39.6 Å². The van der Waals surface area contributed by atoms with E-state index in [1.54, 1.807) is 29.7 Å². The van der Waals surface area contributed by atoms with Crippen LogP contribution in [0.2, 0.25) is 0 Å². The van der Waals surface area contributed by atoms with Gasteiger partial charge in [0.05, 0.1) is 14.2 Å². The number of phenols is 1. The summed E-state index contributed by atoms with van der Waals surface area (Å²) in [5.41, 5.74) is 6.48. The molecule has 1 aromatic carbocycles. The number of nitrogens with two attached hydrogens (primary N) is 1. The summed E-state index contributed by atoms with van der Waals surface area (Å²) in [5.74, 6) is 0.367. The maximum atomic E-state index is 12.0. The molecule has 0 aliphatic heterocycles. The lowest BCUT2D eigenvalue weighted by Gasteiger charge is -2.15. The van der Waals surface area contributed by atoms with E-state index in [4.69, 9.17) is 15.2 Å². The van der Waals surface area contributed by atoms with E-state index in [-0.39, 0.29) is 28.6 Å². The van der Waals surface area contributed by atoms with Crippen molar-refractivity contribution in [3.63, 3.8) is 0 Å². The molecule has 0 aliphatic carbocycles. The standard InChI is InChI=1S/C16H17N5O4S/c1-7-18-15(12(14(17)23)16-20-11(26)6-21(7)16)19-8-4-9(24-2)13(22)10(5-8)25-3/h4-6,19,22,26H,1-3H3,(H2,17,23). The molecule has 26 heavy (non-hydrogen) atoms. The van der Waals surface area contributed by atoms with Crippen molar-refractivity contribution < 1.29 is 19.4 Å². The predicted octanol–water partition coefficient (Wildman–Crippen LogP) is 1.89. The molecule has 2 heterocycles. The smallest absolute Gasteiger partial charge is 0.256 e. The highest BCUT2D eigenvalue weighted by Gasteiger charge is 2.20. The van der Waals surface area contributed by atoms with Gasteiger partial charge in [-0.15, -0.1) is 12.6 Å². The number of aryl methyl sites for hydroxylation is 1. The van der Waals surface area contributed by atoms with E-state index in [0.29, 0.717) is 22.2 Å². The van der Waals surface area contributed by atoms with Crippen LogP contribution >= 0.6 is 12.6 Å². The minimum absolute atomic E-state index is 0.113. The molecule has 3 aromatic rings. The van der Waals surface area contributed by atoms with Gasteiger partial charge in [0.1, 0.15) is 22.2 Å². The SMILES string of the molecule is COc1cc(Nc2nc(C)n3cc(S)nc3c2C(N)=O)cc(OC)c1O. The lowest BCUT2D eigenvalue weighted by Crippen LogP contribution is -2.17. The highest BCUT2D eigenvalue weighted by molar-refractivity contribution is 7.80. The zero-order chi connectivity index (χ0) is 19.0. The van der Waals surface area contributed by atoms with Crippen LogP contribution in [0.1, 0.15) is 16.2 Å². The second-order valence-corrected chi connectivity index (χ2v) is 5.85. The number of rotatable bonds is 5. The average molecular weight is 375 g/mol. The van der Waals surface area contributed by atoms with Crippen LogP contribution in [-0.2, 0) is 0 Å².